The molecule has 0 atom stereocenters. The molecule has 0 heterocycles. The lowest BCUT2D eigenvalue weighted by atomic mass is 9.76. The number of benzene rings is 2. The zero-order chi connectivity index (χ0) is 25.7. The molecule has 188 valence electrons. The summed E-state index contributed by atoms with van der Waals surface area (Å²) in [6, 6.07) is 7.17. The van der Waals surface area contributed by atoms with Gasteiger partial charge in [-0.15, -0.1) is 0 Å². The second-order valence-corrected chi connectivity index (χ2v) is 8.40. The van der Waals surface area contributed by atoms with Crippen molar-refractivity contribution in [3.8, 4) is 5.75 Å². The van der Waals surface area contributed by atoms with Gasteiger partial charge >= 0.3 is 0 Å². The molecule has 1 fully saturated rings. The van der Waals surface area contributed by atoms with Gasteiger partial charge in [0.05, 0.1) is 6.61 Å². The molecule has 0 aliphatic heterocycles. The highest BCUT2D eigenvalue weighted by Gasteiger charge is 2.27. The van der Waals surface area contributed by atoms with Crippen molar-refractivity contribution in [2.24, 2.45) is 0 Å². The predicted octanol–water partition coefficient (Wildman–Crippen LogP) is 7.98. The highest BCUT2D eigenvalue weighted by molar-refractivity contribution is 5.34. The van der Waals surface area contributed by atoms with Crippen LogP contribution in [-0.2, 0) is 16.1 Å². The summed E-state index contributed by atoms with van der Waals surface area (Å²) in [6.07, 6.45) is 2.47. The lowest BCUT2D eigenvalue weighted by Crippen LogP contribution is -2.14. The molecule has 2 aromatic carbocycles. The maximum atomic E-state index is 14.7. The van der Waals surface area contributed by atoms with Gasteiger partial charge < -0.3 is 14.6 Å². The molecular weight excluding hydrogens is 467 g/mol. The lowest BCUT2D eigenvalue weighted by molar-refractivity contribution is 0.186. The van der Waals surface area contributed by atoms with E-state index in [0.717, 1.165) is 11.6 Å². The van der Waals surface area contributed by atoms with Gasteiger partial charge in [0.1, 0.15) is 12.4 Å². The summed E-state index contributed by atoms with van der Waals surface area (Å²) in [5.41, 5.74) is 1.13. The van der Waals surface area contributed by atoms with Crippen LogP contribution in [0.15, 0.2) is 66.7 Å². The van der Waals surface area contributed by atoms with E-state index in [1.807, 2.05) is 0 Å². The van der Waals surface area contributed by atoms with E-state index in [1.165, 1.54) is 18.2 Å². The number of rotatable bonds is 9. The fourth-order valence-electron chi connectivity index (χ4n) is 4.25. The van der Waals surface area contributed by atoms with Gasteiger partial charge in [0.2, 0.25) is 17.5 Å². The topological polar surface area (TPSA) is 38.7 Å². The zero-order valence-electron chi connectivity index (χ0n) is 19.4. The SMILES string of the molecule is C=C(OCC)/C(F)=C(/F)C(=C)OCc1ccc(C2CCC(c3ccc(O)c(F)c3F)CC2)cc1F. The number of aromatic hydroxyl groups is 1. The van der Waals surface area contributed by atoms with E-state index in [1.54, 1.807) is 13.0 Å². The fourth-order valence-corrected chi connectivity index (χ4v) is 4.25. The van der Waals surface area contributed by atoms with Crippen LogP contribution in [-0.4, -0.2) is 11.7 Å². The van der Waals surface area contributed by atoms with Crippen LogP contribution >= 0.6 is 0 Å². The van der Waals surface area contributed by atoms with Crippen molar-refractivity contribution < 1.29 is 36.5 Å². The molecule has 0 bridgehead atoms. The molecule has 0 radical (unpaired) electrons. The third-order valence-electron chi connectivity index (χ3n) is 6.21. The van der Waals surface area contributed by atoms with Gasteiger partial charge in [-0.05, 0) is 67.7 Å². The Morgan fingerprint density at radius 2 is 1.49 bits per heavy atom. The van der Waals surface area contributed by atoms with E-state index in [4.69, 9.17) is 9.47 Å². The van der Waals surface area contributed by atoms with Gasteiger partial charge in [0.15, 0.2) is 23.1 Å². The van der Waals surface area contributed by atoms with Crippen molar-refractivity contribution >= 4 is 0 Å². The van der Waals surface area contributed by atoms with E-state index < -0.39 is 46.4 Å². The third kappa shape index (κ3) is 6.05. The van der Waals surface area contributed by atoms with Crippen molar-refractivity contribution in [1.29, 1.82) is 0 Å². The van der Waals surface area contributed by atoms with Crippen LogP contribution in [0, 0.1) is 17.5 Å². The largest absolute Gasteiger partial charge is 0.505 e. The number of halogens is 5. The van der Waals surface area contributed by atoms with Gasteiger partial charge in [-0.2, -0.15) is 13.2 Å². The van der Waals surface area contributed by atoms with Crippen molar-refractivity contribution in [2.75, 3.05) is 6.61 Å². The minimum absolute atomic E-state index is 0.0368. The van der Waals surface area contributed by atoms with Gasteiger partial charge in [-0.3, -0.25) is 0 Å². The summed E-state index contributed by atoms with van der Waals surface area (Å²) in [5, 5.41) is 9.31. The van der Waals surface area contributed by atoms with Gasteiger partial charge in [0, 0.05) is 5.56 Å². The Morgan fingerprint density at radius 1 is 0.886 bits per heavy atom. The quantitative estimate of drug-likeness (QED) is 0.218. The summed E-state index contributed by atoms with van der Waals surface area (Å²) in [7, 11) is 0. The van der Waals surface area contributed by atoms with Crippen LogP contribution in [0.2, 0.25) is 0 Å². The second kappa shape index (κ2) is 11.4. The Morgan fingerprint density at radius 3 is 2.09 bits per heavy atom. The number of phenolic OH excluding ortho intramolecular Hbond substituents is 1. The van der Waals surface area contributed by atoms with Crippen LogP contribution in [0.25, 0.3) is 0 Å². The first-order chi connectivity index (χ1) is 16.6. The average molecular weight is 495 g/mol. The van der Waals surface area contributed by atoms with Crippen LogP contribution in [0.3, 0.4) is 0 Å². The van der Waals surface area contributed by atoms with Crippen LogP contribution in [0.1, 0.15) is 61.1 Å². The molecule has 1 N–H and O–H groups in total. The van der Waals surface area contributed by atoms with E-state index in [9.17, 15) is 27.1 Å². The molecule has 0 amide bonds. The van der Waals surface area contributed by atoms with Crippen molar-refractivity contribution in [3.05, 3.63) is 101 Å². The second-order valence-electron chi connectivity index (χ2n) is 8.40. The maximum Gasteiger partial charge on any atom is 0.203 e. The molecule has 0 aromatic heterocycles. The lowest BCUT2D eigenvalue weighted by Gasteiger charge is -2.29. The van der Waals surface area contributed by atoms with Gasteiger partial charge in [0.25, 0.3) is 0 Å². The molecular formula is C27H27F5O3. The number of phenols is 1. The van der Waals surface area contributed by atoms with Crippen molar-refractivity contribution in [3.63, 3.8) is 0 Å². The van der Waals surface area contributed by atoms with Crippen LogP contribution in [0.4, 0.5) is 22.0 Å². The first kappa shape index (κ1) is 26.3. The predicted molar refractivity (Wildman–Crippen MR) is 122 cm³/mol. The van der Waals surface area contributed by atoms with Crippen molar-refractivity contribution in [2.45, 2.75) is 51.0 Å². The average Bonchev–Trinajstić information content (AvgIpc) is 2.85. The van der Waals surface area contributed by atoms with E-state index in [0.29, 0.717) is 25.7 Å². The maximum absolute atomic E-state index is 14.7. The van der Waals surface area contributed by atoms with E-state index in [-0.39, 0.29) is 36.2 Å². The minimum atomic E-state index is -1.37. The Labute approximate surface area is 201 Å². The molecule has 2 aromatic rings. The zero-order valence-corrected chi connectivity index (χ0v) is 19.4. The molecule has 1 aliphatic rings. The summed E-state index contributed by atoms with van der Waals surface area (Å²) in [6.45, 7) is 7.94. The molecule has 0 saturated heterocycles. The van der Waals surface area contributed by atoms with Gasteiger partial charge in [-0.25, -0.2) is 8.78 Å². The highest BCUT2D eigenvalue weighted by atomic mass is 19.2. The van der Waals surface area contributed by atoms with E-state index >= 15 is 0 Å². The fraction of sp³-hybridized carbons (Fsp3) is 0.333. The number of hydrogen-bond donors (Lipinski definition) is 1. The highest BCUT2D eigenvalue weighted by Crippen LogP contribution is 2.42. The summed E-state index contributed by atoms with van der Waals surface area (Å²) >= 11 is 0. The molecule has 3 rings (SSSR count). The standard InChI is InChI=1S/C27H27F5O3/c1-4-34-15(2)24(29)25(30)16(3)35-14-20-10-9-19(13-22(20)28)17-5-7-18(8-6-17)21-11-12-23(33)27(32)26(21)31/h9-13,17-18,33H,2-8,14H2,1H3/b25-24-. The number of allylic oxidation sites excluding steroid dienone is 2. The van der Waals surface area contributed by atoms with E-state index in [2.05, 4.69) is 13.2 Å². The Balaban J connectivity index is 1.60. The smallest absolute Gasteiger partial charge is 0.203 e. The summed E-state index contributed by atoms with van der Waals surface area (Å²) < 4.78 is 80.5. The Kier molecular flexibility index (Phi) is 8.59. The first-order valence-electron chi connectivity index (χ1n) is 11.3. The number of hydrogen-bond acceptors (Lipinski definition) is 3. The van der Waals surface area contributed by atoms with Crippen molar-refractivity contribution in [1.82, 2.24) is 0 Å². The summed E-state index contributed by atoms with van der Waals surface area (Å²) in [4.78, 5) is 0. The Hall–Kier alpha value is -3.29. The monoisotopic (exact) mass is 494 g/mol. The van der Waals surface area contributed by atoms with Crippen LogP contribution in [0.5, 0.6) is 5.75 Å². The molecule has 3 nitrogen and oxygen atoms in total. The molecule has 35 heavy (non-hydrogen) atoms. The number of ether oxygens (including phenoxy) is 2. The van der Waals surface area contributed by atoms with Gasteiger partial charge in [-0.1, -0.05) is 31.4 Å². The third-order valence-corrected chi connectivity index (χ3v) is 6.21. The van der Waals surface area contributed by atoms with Crippen LogP contribution < -0.4 is 0 Å². The first-order valence-corrected chi connectivity index (χ1v) is 11.3. The molecule has 1 saturated carbocycles. The molecule has 8 heteroatoms. The minimum Gasteiger partial charge on any atom is -0.505 e. The molecule has 0 spiro atoms. The normalized spacial score (nSPS) is 18.6. The molecule has 0 unspecified atom stereocenters. The Bertz CT molecular complexity index is 1130. The molecule has 1 aliphatic carbocycles. The summed E-state index contributed by atoms with van der Waals surface area (Å²) in [5.74, 6) is -7.51.